The van der Waals surface area contributed by atoms with Crippen LogP contribution < -0.4 is 9.47 Å². The van der Waals surface area contributed by atoms with Gasteiger partial charge in [0, 0.05) is 0 Å². The molecule has 1 rings (SSSR count). The van der Waals surface area contributed by atoms with Crippen molar-refractivity contribution in [3.8, 4) is 17.6 Å². The molecule has 1 aromatic carbocycles. The van der Waals surface area contributed by atoms with Crippen molar-refractivity contribution >= 4 is 12.0 Å². The number of carbonyl (C=O) groups is 1. The summed E-state index contributed by atoms with van der Waals surface area (Å²) in [4.78, 5) is 11.7. The molecule has 0 atom stereocenters. The summed E-state index contributed by atoms with van der Waals surface area (Å²) < 4.78 is 16.1. The zero-order valence-electron chi connectivity index (χ0n) is 16.8. The van der Waals surface area contributed by atoms with Crippen molar-refractivity contribution in [1.82, 2.24) is 0 Å². The molecule has 0 heterocycles. The molecular formula is C22H31NO4. The SMILES string of the molecule is CCCCCCCCCOc1ccc(/C=C(\C#N)C(=O)OCC)cc1OC. The van der Waals surface area contributed by atoms with E-state index in [0.29, 0.717) is 23.7 Å². The number of esters is 1. The average molecular weight is 373 g/mol. The van der Waals surface area contributed by atoms with Gasteiger partial charge >= 0.3 is 5.97 Å². The molecule has 0 saturated carbocycles. The molecule has 0 aliphatic carbocycles. The minimum absolute atomic E-state index is 0.0457. The molecule has 27 heavy (non-hydrogen) atoms. The maximum atomic E-state index is 11.7. The van der Waals surface area contributed by atoms with Gasteiger partial charge in [-0.2, -0.15) is 5.26 Å². The van der Waals surface area contributed by atoms with Crippen molar-refractivity contribution in [3.05, 3.63) is 29.3 Å². The maximum Gasteiger partial charge on any atom is 0.348 e. The Morgan fingerprint density at radius 2 is 1.78 bits per heavy atom. The van der Waals surface area contributed by atoms with E-state index in [9.17, 15) is 4.79 Å². The molecule has 0 amide bonds. The topological polar surface area (TPSA) is 68.5 Å². The predicted octanol–water partition coefficient (Wildman–Crippen LogP) is 5.29. The lowest BCUT2D eigenvalue weighted by Gasteiger charge is -2.11. The maximum absolute atomic E-state index is 11.7. The van der Waals surface area contributed by atoms with E-state index < -0.39 is 5.97 Å². The van der Waals surface area contributed by atoms with E-state index in [-0.39, 0.29) is 12.2 Å². The Hall–Kier alpha value is -2.48. The summed E-state index contributed by atoms with van der Waals surface area (Å²) in [6.07, 6.45) is 10.1. The number of nitrogens with zero attached hydrogens (tertiary/aromatic N) is 1. The molecule has 0 saturated heterocycles. The molecule has 0 aliphatic heterocycles. The van der Waals surface area contributed by atoms with Crippen LogP contribution in [0.5, 0.6) is 11.5 Å². The van der Waals surface area contributed by atoms with E-state index in [2.05, 4.69) is 6.92 Å². The first-order valence-corrected chi connectivity index (χ1v) is 9.76. The highest BCUT2D eigenvalue weighted by Crippen LogP contribution is 2.29. The quantitative estimate of drug-likeness (QED) is 0.203. The van der Waals surface area contributed by atoms with Crippen LogP contribution in [0.25, 0.3) is 6.08 Å². The van der Waals surface area contributed by atoms with E-state index >= 15 is 0 Å². The van der Waals surface area contributed by atoms with Gasteiger partial charge in [-0.3, -0.25) is 0 Å². The summed E-state index contributed by atoms with van der Waals surface area (Å²) in [6.45, 7) is 4.80. The summed E-state index contributed by atoms with van der Waals surface area (Å²) >= 11 is 0. The third-order valence-corrected chi connectivity index (χ3v) is 4.12. The zero-order chi connectivity index (χ0) is 19.9. The molecule has 0 fully saturated rings. The minimum Gasteiger partial charge on any atom is -0.493 e. The Labute approximate surface area is 162 Å². The molecule has 0 aromatic heterocycles. The molecule has 0 bridgehead atoms. The van der Waals surface area contributed by atoms with Crippen LogP contribution in [0.1, 0.15) is 64.4 Å². The van der Waals surface area contributed by atoms with Gasteiger partial charge in [-0.1, -0.05) is 51.5 Å². The number of hydrogen-bond acceptors (Lipinski definition) is 5. The molecule has 0 unspecified atom stereocenters. The molecule has 0 radical (unpaired) electrons. The number of unbranched alkanes of at least 4 members (excludes halogenated alkanes) is 6. The van der Waals surface area contributed by atoms with Crippen LogP contribution in [0.3, 0.4) is 0 Å². The van der Waals surface area contributed by atoms with Gasteiger partial charge in [-0.05, 0) is 37.1 Å². The molecule has 0 N–H and O–H groups in total. The van der Waals surface area contributed by atoms with E-state index in [1.807, 2.05) is 6.07 Å². The normalized spacial score (nSPS) is 11.0. The second-order valence-electron chi connectivity index (χ2n) is 6.27. The van der Waals surface area contributed by atoms with Crippen molar-refractivity contribution in [2.24, 2.45) is 0 Å². The number of hydrogen-bond donors (Lipinski definition) is 0. The van der Waals surface area contributed by atoms with Crippen molar-refractivity contribution in [1.29, 1.82) is 5.26 Å². The highest BCUT2D eigenvalue weighted by molar-refractivity contribution is 5.97. The second-order valence-corrected chi connectivity index (χ2v) is 6.27. The second kappa shape index (κ2) is 13.7. The lowest BCUT2D eigenvalue weighted by Crippen LogP contribution is -2.06. The number of carbonyl (C=O) groups excluding carboxylic acids is 1. The molecular weight excluding hydrogens is 342 g/mol. The van der Waals surface area contributed by atoms with Gasteiger partial charge in [-0.15, -0.1) is 0 Å². The smallest absolute Gasteiger partial charge is 0.348 e. The molecule has 1 aromatic rings. The highest BCUT2D eigenvalue weighted by Gasteiger charge is 2.11. The number of ether oxygens (including phenoxy) is 3. The van der Waals surface area contributed by atoms with Gasteiger partial charge in [0.05, 0.1) is 20.3 Å². The summed E-state index contributed by atoms with van der Waals surface area (Å²) in [6, 6.07) is 7.20. The fourth-order valence-corrected chi connectivity index (χ4v) is 2.65. The van der Waals surface area contributed by atoms with Gasteiger partial charge in [0.25, 0.3) is 0 Å². The molecule has 0 aliphatic rings. The largest absolute Gasteiger partial charge is 0.493 e. The molecule has 5 nitrogen and oxygen atoms in total. The first-order valence-electron chi connectivity index (χ1n) is 9.76. The number of rotatable bonds is 13. The fraction of sp³-hybridized carbons (Fsp3) is 0.545. The molecule has 5 heteroatoms. The van der Waals surface area contributed by atoms with E-state index in [1.165, 1.54) is 38.2 Å². The lowest BCUT2D eigenvalue weighted by molar-refractivity contribution is -0.137. The number of benzene rings is 1. The Bertz CT molecular complexity index is 646. The third kappa shape index (κ3) is 8.63. The van der Waals surface area contributed by atoms with Crippen molar-refractivity contribution in [2.75, 3.05) is 20.3 Å². The van der Waals surface area contributed by atoms with Crippen LogP contribution in [-0.2, 0) is 9.53 Å². The average Bonchev–Trinajstić information content (AvgIpc) is 2.68. The summed E-state index contributed by atoms with van der Waals surface area (Å²) in [5.41, 5.74) is 0.635. The van der Waals surface area contributed by atoms with E-state index in [1.54, 1.807) is 32.2 Å². The first-order chi connectivity index (χ1) is 13.2. The van der Waals surface area contributed by atoms with Crippen LogP contribution in [-0.4, -0.2) is 26.3 Å². The Morgan fingerprint density at radius 1 is 1.07 bits per heavy atom. The van der Waals surface area contributed by atoms with Crippen LogP contribution in [0.2, 0.25) is 0 Å². The summed E-state index contributed by atoms with van der Waals surface area (Å²) in [5, 5.41) is 9.13. The Balaban J connectivity index is 2.59. The van der Waals surface area contributed by atoms with Crippen LogP contribution >= 0.6 is 0 Å². The van der Waals surface area contributed by atoms with Gasteiger partial charge < -0.3 is 14.2 Å². The van der Waals surface area contributed by atoms with E-state index in [4.69, 9.17) is 19.5 Å². The van der Waals surface area contributed by atoms with Crippen LogP contribution in [0.4, 0.5) is 0 Å². The highest BCUT2D eigenvalue weighted by atomic mass is 16.5. The zero-order valence-corrected chi connectivity index (χ0v) is 16.8. The van der Waals surface area contributed by atoms with Crippen molar-refractivity contribution < 1.29 is 19.0 Å². The Kier molecular flexibility index (Phi) is 11.4. The van der Waals surface area contributed by atoms with Crippen molar-refractivity contribution in [2.45, 2.75) is 58.8 Å². The summed E-state index contributed by atoms with van der Waals surface area (Å²) in [5.74, 6) is 0.612. The van der Waals surface area contributed by atoms with Crippen molar-refractivity contribution in [3.63, 3.8) is 0 Å². The molecule has 0 spiro atoms. The van der Waals surface area contributed by atoms with Gasteiger partial charge in [0.2, 0.25) is 0 Å². The number of methoxy groups -OCH3 is 1. The fourth-order valence-electron chi connectivity index (χ4n) is 2.65. The van der Waals surface area contributed by atoms with E-state index in [0.717, 1.165) is 12.8 Å². The minimum atomic E-state index is -0.627. The molecule has 148 valence electrons. The summed E-state index contributed by atoms with van der Waals surface area (Å²) in [7, 11) is 1.57. The van der Waals surface area contributed by atoms with Gasteiger partial charge in [-0.25, -0.2) is 4.79 Å². The van der Waals surface area contributed by atoms with Gasteiger partial charge in [0.15, 0.2) is 11.5 Å². The Morgan fingerprint density at radius 3 is 2.41 bits per heavy atom. The predicted molar refractivity (Wildman–Crippen MR) is 107 cm³/mol. The van der Waals surface area contributed by atoms with Crippen LogP contribution in [0, 0.1) is 11.3 Å². The number of nitriles is 1. The monoisotopic (exact) mass is 373 g/mol. The van der Waals surface area contributed by atoms with Crippen LogP contribution in [0.15, 0.2) is 23.8 Å². The first kappa shape index (κ1) is 22.6. The lowest BCUT2D eigenvalue weighted by atomic mass is 10.1. The van der Waals surface area contributed by atoms with Gasteiger partial charge in [0.1, 0.15) is 11.6 Å². The third-order valence-electron chi connectivity index (χ3n) is 4.12. The standard InChI is InChI=1S/C22H31NO4/c1-4-6-7-8-9-10-11-14-27-20-13-12-18(16-21(20)25-3)15-19(17-23)22(24)26-5-2/h12-13,15-16H,4-11,14H2,1-3H3/b19-15+.